The number of fused-ring (bicyclic) bond motifs is 1. The molecule has 12 nitrogen and oxygen atoms in total. The molecule has 0 spiro atoms. The van der Waals surface area contributed by atoms with Gasteiger partial charge in [-0.1, -0.05) is 12.1 Å². The van der Waals surface area contributed by atoms with Gasteiger partial charge in [-0.2, -0.15) is 4.98 Å². The Kier molecular flexibility index (Phi) is 8.17. The van der Waals surface area contributed by atoms with Crippen LogP contribution in [0.4, 0.5) is 26.5 Å². The summed E-state index contributed by atoms with van der Waals surface area (Å²) in [6.07, 6.45) is 2.63. The molecule has 13 heteroatoms. The van der Waals surface area contributed by atoms with Crippen LogP contribution in [0.2, 0.25) is 0 Å². The Hall–Kier alpha value is -4.78. The molecule has 1 amide bonds. The Morgan fingerprint density at radius 1 is 1.11 bits per heavy atom. The van der Waals surface area contributed by atoms with Crippen molar-refractivity contribution in [2.24, 2.45) is 0 Å². The summed E-state index contributed by atoms with van der Waals surface area (Å²) in [6, 6.07) is 9.90. The third kappa shape index (κ3) is 6.42. The van der Waals surface area contributed by atoms with E-state index in [1.807, 2.05) is 25.7 Å². The van der Waals surface area contributed by atoms with Gasteiger partial charge in [0.25, 0.3) is 5.56 Å². The minimum absolute atomic E-state index is 0.152. The summed E-state index contributed by atoms with van der Waals surface area (Å²) in [5.74, 6) is 0.0904. The van der Waals surface area contributed by atoms with Gasteiger partial charge >= 0.3 is 6.09 Å². The summed E-state index contributed by atoms with van der Waals surface area (Å²) < 4.78 is 23.8. The average molecular weight is 605 g/mol. The van der Waals surface area contributed by atoms with Gasteiger partial charge in [-0.05, 0) is 65.0 Å². The number of nitrogens with one attached hydrogen (secondary N) is 1. The summed E-state index contributed by atoms with van der Waals surface area (Å²) >= 11 is 0. The number of nitrogens with zero attached hydrogens (tertiary/aromatic N) is 7. The third-order valence-electron chi connectivity index (χ3n) is 7.03. The average Bonchev–Trinajstić information content (AvgIpc) is 3.22. The van der Waals surface area contributed by atoms with Crippen LogP contribution in [0.5, 0.6) is 0 Å². The van der Waals surface area contributed by atoms with Crippen molar-refractivity contribution in [1.82, 2.24) is 29.2 Å². The van der Waals surface area contributed by atoms with Gasteiger partial charge in [0, 0.05) is 38.1 Å². The molecular formula is C31H37FN8O4. The molecule has 5 rings (SSSR count). The molecule has 1 aliphatic rings. The molecule has 0 radical (unpaired) electrons. The molecule has 1 fully saturated rings. The molecule has 0 bridgehead atoms. The second-order valence-corrected chi connectivity index (χ2v) is 12.1. The van der Waals surface area contributed by atoms with Gasteiger partial charge in [0.2, 0.25) is 5.95 Å². The monoisotopic (exact) mass is 604 g/mol. The van der Waals surface area contributed by atoms with E-state index in [-0.39, 0.29) is 35.2 Å². The maximum Gasteiger partial charge on any atom is 0.410 e. The maximum atomic E-state index is 15.3. The molecule has 1 aliphatic heterocycles. The highest BCUT2D eigenvalue weighted by molar-refractivity contribution is 5.77. The highest BCUT2D eigenvalue weighted by atomic mass is 19.1. The first kappa shape index (κ1) is 30.7. The number of anilines is 3. The number of halogens is 1. The van der Waals surface area contributed by atoms with Crippen molar-refractivity contribution in [1.29, 1.82) is 0 Å². The molecule has 44 heavy (non-hydrogen) atoms. The highest BCUT2D eigenvalue weighted by Crippen LogP contribution is 2.27. The second kappa shape index (κ2) is 11.7. The number of allylic oxidation sites excluding steroid dienone is 1. The SMILES string of the molecule is C=CCn1c(=O)c2cnc(Nc3ccc(N4CCN(C(=O)OC(C)(C)C)CC4)c(F)c3)nc2n1-c1cccc(C(C)(C)O)n1. The normalized spacial score (nSPS) is 14.2. The zero-order valence-electron chi connectivity index (χ0n) is 25.5. The molecule has 232 valence electrons. The third-order valence-corrected chi connectivity index (χ3v) is 7.03. The van der Waals surface area contributed by atoms with Crippen LogP contribution in [0.3, 0.4) is 0 Å². The molecule has 0 saturated carbocycles. The lowest BCUT2D eigenvalue weighted by atomic mass is 10.1. The van der Waals surface area contributed by atoms with Gasteiger partial charge in [0.05, 0.1) is 17.9 Å². The van der Waals surface area contributed by atoms with E-state index in [1.165, 1.54) is 16.9 Å². The number of rotatable bonds is 7. The van der Waals surface area contributed by atoms with Gasteiger partial charge in [-0.3, -0.25) is 4.79 Å². The lowest BCUT2D eigenvalue weighted by Gasteiger charge is -2.36. The molecule has 0 unspecified atom stereocenters. The number of aliphatic hydroxyl groups is 1. The van der Waals surface area contributed by atoms with Crippen molar-refractivity contribution in [2.45, 2.75) is 52.4 Å². The maximum absolute atomic E-state index is 15.3. The van der Waals surface area contributed by atoms with Crippen molar-refractivity contribution < 1.29 is 19.0 Å². The number of piperazine rings is 1. The molecule has 1 saturated heterocycles. The van der Waals surface area contributed by atoms with E-state index in [2.05, 4.69) is 26.8 Å². The summed E-state index contributed by atoms with van der Waals surface area (Å²) in [5, 5.41) is 13.8. The zero-order chi connectivity index (χ0) is 31.8. The fourth-order valence-corrected chi connectivity index (χ4v) is 4.92. The zero-order valence-corrected chi connectivity index (χ0v) is 25.5. The van der Waals surface area contributed by atoms with Crippen LogP contribution in [0.25, 0.3) is 16.9 Å². The van der Waals surface area contributed by atoms with Crippen molar-refractivity contribution in [3.63, 3.8) is 0 Å². The number of aromatic nitrogens is 5. The molecule has 3 aromatic heterocycles. The number of amides is 1. The van der Waals surface area contributed by atoms with Gasteiger partial charge in [0.15, 0.2) is 11.5 Å². The number of pyridine rings is 1. The van der Waals surface area contributed by atoms with E-state index in [4.69, 9.17) is 4.74 Å². The fraction of sp³-hybridized carbons (Fsp3) is 0.387. The molecule has 0 aliphatic carbocycles. The first-order chi connectivity index (χ1) is 20.7. The van der Waals surface area contributed by atoms with E-state index >= 15 is 4.39 Å². The predicted octanol–water partition coefficient (Wildman–Crippen LogP) is 4.33. The summed E-state index contributed by atoms with van der Waals surface area (Å²) in [5.41, 5.74) is -0.568. The summed E-state index contributed by atoms with van der Waals surface area (Å²) in [7, 11) is 0. The largest absolute Gasteiger partial charge is 0.444 e. The molecule has 4 heterocycles. The number of hydrogen-bond donors (Lipinski definition) is 2. The first-order valence-electron chi connectivity index (χ1n) is 14.3. The van der Waals surface area contributed by atoms with Crippen LogP contribution in [-0.4, -0.2) is 72.2 Å². The van der Waals surface area contributed by atoms with Gasteiger partial charge in [0.1, 0.15) is 22.4 Å². The van der Waals surface area contributed by atoms with Crippen LogP contribution in [0, 0.1) is 5.82 Å². The number of hydrogen-bond acceptors (Lipinski definition) is 9. The Bertz CT molecular complexity index is 1760. The number of carbonyl (C=O) groups excluding carboxylic acids is 1. The van der Waals surface area contributed by atoms with Crippen molar-refractivity contribution >= 4 is 34.4 Å². The Morgan fingerprint density at radius 2 is 1.84 bits per heavy atom. The molecule has 0 atom stereocenters. The van der Waals surface area contributed by atoms with Crippen LogP contribution in [0.15, 0.2) is 60.0 Å². The van der Waals surface area contributed by atoms with Crippen LogP contribution in [-0.2, 0) is 16.9 Å². The number of benzene rings is 1. The minimum Gasteiger partial charge on any atom is -0.444 e. The summed E-state index contributed by atoms with van der Waals surface area (Å²) in [6.45, 7) is 14.4. The smallest absolute Gasteiger partial charge is 0.410 e. The lowest BCUT2D eigenvalue weighted by Crippen LogP contribution is -2.50. The van der Waals surface area contributed by atoms with Crippen LogP contribution in [0.1, 0.15) is 40.3 Å². The van der Waals surface area contributed by atoms with Crippen molar-refractivity contribution in [2.75, 3.05) is 36.4 Å². The number of carbonyl (C=O) groups is 1. The summed E-state index contributed by atoms with van der Waals surface area (Å²) in [4.78, 5) is 42.6. The first-order valence-corrected chi connectivity index (χ1v) is 14.3. The van der Waals surface area contributed by atoms with Gasteiger partial charge < -0.3 is 25.0 Å². The topological polar surface area (TPSA) is 131 Å². The molecular weight excluding hydrogens is 567 g/mol. The van der Waals surface area contributed by atoms with E-state index in [0.29, 0.717) is 49.1 Å². The second-order valence-electron chi connectivity index (χ2n) is 12.1. The number of ether oxygens (including phenoxy) is 1. The quantitative estimate of drug-likeness (QED) is 0.296. The van der Waals surface area contributed by atoms with Crippen molar-refractivity contribution in [3.05, 3.63) is 77.1 Å². The Morgan fingerprint density at radius 3 is 2.48 bits per heavy atom. The fourth-order valence-electron chi connectivity index (χ4n) is 4.92. The van der Waals surface area contributed by atoms with E-state index < -0.39 is 17.0 Å². The van der Waals surface area contributed by atoms with Crippen LogP contribution < -0.4 is 15.8 Å². The Labute approximate surface area is 254 Å². The van der Waals surface area contributed by atoms with E-state index in [0.717, 1.165) is 0 Å². The standard InChI is InChI=1S/C31H37FN8O4/c1-7-13-39-27(41)21-19-33-28(36-26(21)40(39)25-10-8-9-24(35-25)31(5,6)43)34-20-11-12-23(22(32)18-20)37-14-16-38(17-15-37)29(42)44-30(2,3)4/h7-12,18-19,43H,1,13-17H2,2-6H3,(H,33,34,36). The predicted molar refractivity (Wildman–Crippen MR) is 166 cm³/mol. The van der Waals surface area contributed by atoms with Crippen LogP contribution >= 0.6 is 0 Å². The minimum atomic E-state index is -1.20. The van der Waals surface area contributed by atoms with E-state index in [9.17, 15) is 14.7 Å². The van der Waals surface area contributed by atoms with Crippen molar-refractivity contribution in [3.8, 4) is 5.82 Å². The molecule has 1 aromatic carbocycles. The molecule has 4 aromatic rings. The molecule has 2 N–H and O–H groups in total. The Balaban J connectivity index is 1.39. The highest BCUT2D eigenvalue weighted by Gasteiger charge is 2.27. The van der Waals surface area contributed by atoms with Gasteiger partial charge in [-0.15, -0.1) is 6.58 Å². The van der Waals surface area contributed by atoms with E-state index in [1.54, 1.807) is 59.8 Å². The lowest BCUT2D eigenvalue weighted by molar-refractivity contribution is 0.0240. The van der Waals surface area contributed by atoms with Gasteiger partial charge in [-0.25, -0.2) is 28.5 Å².